The molecule has 4 aromatic rings. The highest BCUT2D eigenvalue weighted by Gasteiger charge is 2.15. The second kappa shape index (κ2) is 9.25. The average Bonchev–Trinajstić information content (AvgIpc) is 2.81. The molecule has 0 aliphatic rings. The van der Waals surface area contributed by atoms with Crippen molar-refractivity contribution in [2.75, 3.05) is 12.4 Å². The van der Waals surface area contributed by atoms with E-state index in [0.717, 1.165) is 33.0 Å². The molecule has 0 aliphatic heterocycles. The lowest BCUT2D eigenvalue weighted by atomic mass is 9.89. The van der Waals surface area contributed by atoms with Gasteiger partial charge in [0.1, 0.15) is 0 Å². The number of rotatable bonds is 5. The molecule has 0 fully saturated rings. The molecule has 0 atom stereocenters. The van der Waals surface area contributed by atoms with Crippen LogP contribution < -0.4 is 5.32 Å². The van der Waals surface area contributed by atoms with Gasteiger partial charge in [0.2, 0.25) is 0 Å². The number of halogens is 1. The van der Waals surface area contributed by atoms with E-state index in [2.05, 4.69) is 5.32 Å². The summed E-state index contributed by atoms with van der Waals surface area (Å²) in [6.45, 7) is 2.00. The van der Waals surface area contributed by atoms with Crippen LogP contribution >= 0.6 is 11.6 Å². The van der Waals surface area contributed by atoms with E-state index in [9.17, 15) is 9.59 Å². The minimum Gasteiger partial charge on any atom is -0.469 e. The second-order valence-corrected chi connectivity index (χ2v) is 7.99. The van der Waals surface area contributed by atoms with Crippen LogP contribution in [0.5, 0.6) is 0 Å². The van der Waals surface area contributed by atoms with Gasteiger partial charge in [-0.15, -0.1) is 0 Å². The largest absolute Gasteiger partial charge is 0.469 e. The Kier molecular flexibility index (Phi) is 6.24. The summed E-state index contributed by atoms with van der Waals surface area (Å²) >= 11 is 6.30. The maximum Gasteiger partial charge on any atom is 0.309 e. The van der Waals surface area contributed by atoms with Gasteiger partial charge >= 0.3 is 5.97 Å². The first kappa shape index (κ1) is 21.6. The van der Waals surface area contributed by atoms with Crippen LogP contribution in [-0.4, -0.2) is 19.0 Å². The topological polar surface area (TPSA) is 55.4 Å². The molecule has 0 heterocycles. The number of carbonyl (C=O) groups excluding carboxylic acids is 2. The maximum absolute atomic E-state index is 12.4. The molecular weight excluding hydrogens is 422 g/mol. The molecule has 160 valence electrons. The zero-order chi connectivity index (χ0) is 22.7. The van der Waals surface area contributed by atoms with E-state index in [-0.39, 0.29) is 18.3 Å². The minimum absolute atomic E-state index is 0.160. The van der Waals surface area contributed by atoms with Crippen molar-refractivity contribution in [3.8, 4) is 11.1 Å². The van der Waals surface area contributed by atoms with Crippen LogP contribution in [0.15, 0.2) is 78.9 Å². The number of esters is 1. The van der Waals surface area contributed by atoms with Gasteiger partial charge in [-0.3, -0.25) is 9.59 Å². The normalized spacial score (nSPS) is 10.7. The van der Waals surface area contributed by atoms with Gasteiger partial charge in [-0.2, -0.15) is 0 Å². The molecule has 0 radical (unpaired) electrons. The molecule has 0 bridgehead atoms. The van der Waals surface area contributed by atoms with Crippen molar-refractivity contribution >= 4 is 39.9 Å². The van der Waals surface area contributed by atoms with E-state index in [0.29, 0.717) is 16.3 Å². The number of fused-ring (bicyclic) bond motifs is 1. The molecular formula is C27H22ClNO3. The highest BCUT2D eigenvalue weighted by Crippen LogP contribution is 2.36. The SMILES string of the molecule is COC(=O)Cc1cc2ccc(Cl)cc2c(-c2ccc(NC(=O)c3ccccc3)cc2)c1C. The van der Waals surface area contributed by atoms with Gasteiger partial charge in [0, 0.05) is 16.3 Å². The van der Waals surface area contributed by atoms with Crippen molar-refractivity contribution < 1.29 is 14.3 Å². The highest BCUT2D eigenvalue weighted by molar-refractivity contribution is 6.31. The van der Waals surface area contributed by atoms with E-state index in [4.69, 9.17) is 16.3 Å². The van der Waals surface area contributed by atoms with Crippen LogP contribution in [0.3, 0.4) is 0 Å². The van der Waals surface area contributed by atoms with Crippen LogP contribution in [0.25, 0.3) is 21.9 Å². The number of anilines is 1. The number of benzene rings is 4. The molecule has 4 nitrogen and oxygen atoms in total. The van der Waals surface area contributed by atoms with Crippen LogP contribution in [0, 0.1) is 6.92 Å². The summed E-state index contributed by atoms with van der Waals surface area (Å²) in [6.07, 6.45) is 0.194. The second-order valence-electron chi connectivity index (χ2n) is 7.55. The standard InChI is InChI=1S/C27H22ClNO3/c1-17-21(15-25(30)32-2)14-20-8-11-22(28)16-24(20)26(17)18-9-12-23(13-10-18)29-27(31)19-6-4-3-5-7-19/h3-14,16H,15H2,1-2H3,(H,29,31). The number of amides is 1. The maximum atomic E-state index is 12.4. The molecule has 1 N–H and O–H groups in total. The van der Waals surface area contributed by atoms with Crippen molar-refractivity contribution in [3.63, 3.8) is 0 Å². The molecule has 0 saturated carbocycles. The molecule has 32 heavy (non-hydrogen) atoms. The van der Waals surface area contributed by atoms with Gasteiger partial charge in [-0.1, -0.05) is 54.1 Å². The first-order valence-corrected chi connectivity index (χ1v) is 10.6. The van der Waals surface area contributed by atoms with Gasteiger partial charge in [-0.25, -0.2) is 0 Å². The van der Waals surface area contributed by atoms with E-state index in [1.54, 1.807) is 12.1 Å². The van der Waals surface area contributed by atoms with Crippen LogP contribution in [-0.2, 0) is 16.0 Å². The Morgan fingerprint density at radius 2 is 1.66 bits per heavy atom. The Balaban J connectivity index is 1.73. The molecule has 4 aromatic carbocycles. The molecule has 0 aliphatic carbocycles. The summed E-state index contributed by atoms with van der Waals surface area (Å²) in [4.78, 5) is 24.4. The molecule has 4 rings (SSSR count). The van der Waals surface area contributed by atoms with Crippen LogP contribution in [0.2, 0.25) is 5.02 Å². The number of nitrogens with one attached hydrogen (secondary N) is 1. The fourth-order valence-corrected chi connectivity index (χ4v) is 4.00. The minimum atomic E-state index is -0.286. The zero-order valence-corrected chi connectivity index (χ0v) is 18.6. The van der Waals surface area contributed by atoms with Gasteiger partial charge in [0.25, 0.3) is 5.91 Å². The smallest absolute Gasteiger partial charge is 0.309 e. The van der Waals surface area contributed by atoms with Crippen LogP contribution in [0.1, 0.15) is 21.5 Å². The summed E-state index contributed by atoms with van der Waals surface area (Å²) in [5.41, 5.74) is 5.18. The monoisotopic (exact) mass is 443 g/mol. The number of methoxy groups -OCH3 is 1. The lowest BCUT2D eigenvalue weighted by Crippen LogP contribution is -2.11. The molecule has 5 heteroatoms. The Morgan fingerprint density at radius 1 is 0.938 bits per heavy atom. The van der Waals surface area contributed by atoms with Crippen LogP contribution in [0.4, 0.5) is 5.69 Å². The Bertz CT molecular complexity index is 1300. The van der Waals surface area contributed by atoms with Crippen molar-refractivity contribution in [1.29, 1.82) is 0 Å². The summed E-state index contributed by atoms with van der Waals surface area (Å²) < 4.78 is 4.87. The third-order valence-electron chi connectivity index (χ3n) is 5.50. The summed E-state index contributed by atoms with van der Waals surface area (Å²) in [5, 5.41) is 5.57. The molecule has 0 saturated heterocycles. The number of carbonyl (C=O) groups is 2. The van der Waals surface area contributed by atoms with E-state index in [1.807, 2.05) is 73.7 Å². The third kappa shape index (κ3) is 4.51. The quantitative estimate of drug-likeness (QED) is 0.361. The molecule has 1 amide bonds. The average molecular weight is 444 g/mol. The highest BCUT2D eigenvalue weighted by atomic mass is 35.5. The van der Waals surface area contributed by atoms with E-state index >= 15 is 0 Å². The fraction of sp³-hybridized carbons (Fsp3) is 0.111. The van der Waals surface area contributed by atoms with Gasteiger partial charge < -0.3 is 10.1 Å². The first-order chi connectivity index (χ1) is 15.5. The molecule has 0 unspecified atom stereocenters. The predicted molar refractivity (Wildman–Crippen MR) is 129 cm³/mol. The Labute approximate surface area is 191 Å². The first-order valence-electron chi connectivity index (χ1n) is 10.2. The summed E-state index contributed by atoms with van der Waals surface area (Å²) in [6, 6.07) is 24.5. The predicted octanol–water partition coefficient (Wildman–Crippen LogP) is 6.44. The summed E-state index contributed by atoms with van der Waals surface area (Å²) in [7, 11) is 1.39. The van der Waals surface area contributed by atoms with Gasteiger partial charge in [0.15, 0.2) is 0 Å². The number of ether oxygens (including phenoxy) is 1. The summed E-state index contributed by atoms with van der Waals surface area (Å²) in [5.74, 6) is -0.446. The molecule has 0 spiro atoms. The number of hydrogen-bond acceptors (Lipinski definition) is 3. The van der Waals surface area contributed by atoms with Crippen molar-refractivity contribution in [1.82, 2.24) is 0 Å². The number of hydrogen-bond donors (Lipinski definition) is 1. The Hall–Kier alpha value is -3.63. The van der Waals surface area contributed by atoms with E-state index in [1.165, 1.54) is 7.11 Å². The Morgan fingerprint density at radius 3 is 2.34 bits per heavy atom. The lowest BCUT2D eigenvalue weighted by Gasteiger charge is -2.16. The third-order valence-corrected chi connectivity index (χ3v) is 5.74. The fourth-order valence-electron chi connectivity index (χ4n) is 3.83. The van der Waals surface area contributed by atoms with Gasteiger partial charge in [0.05, 0.1) is 13.5 Å². The molecule has 0 aromatic heterocycles. The lowest BCUT2D eigenvalue weighted by molar-refractivity contribution is -0.139. The van der Waals surface area contributed by atoms with Gasteiger partial charge in [-0.05, 0) is 76.3 Å². The van der Waals surface area contributed by atoms with Crippen molar-refractivity contribution in [2.45, 2.75) is 13.3 Å². The van der Waals surface area contributed by atoms with E-state index < -0.39 is 0 Å². The van der Waals surface area contributed by atoms with Crippen molar-refractivity contribution in [2.24, 2.45) is 0 Å². The van der Waals surface area contributed by atoms with Crippen molar-refractivity contribution in [3.05, 3.63) is 101 Å². The zero-order valence-electron chi connectivity index (χ0n) is 17.8.